The highest BCUT2D eigenvalue weighted by Crippen LogP contribution is 2.32. The van der Waals surface area contributed by atoms with E-state index in [4.69, 9.17) is 9.47 Å². The minimum absolute atomic E-state index is 0.0715. The van der Waals surface area contributed by atoms with Gasteiger partial charge in [0, 0.05) is 17.3 Å². The Morgan fingerprint density at radius 1 is 0.967 bits per heavy atom. The minimum atomic E-state index is -0.0715. The van der Waals surface area contributed by atoms with Gasteiger partial charge in [-0.25, -0.2) is 0 Å². The van der Waals surface area contributed by atoms with Crippen molar-refractivity contribution in [3.05, 3.63) is 59.2 Å². The molecule has 0 bridgehead atoms. The van der Waals surface area contributed by atoms with Gasteiger partial charge < -0.3 is 14.8 Å². The maximum absolute atomic E-state index is 12.4. The van der Waals surface area contributed by atoms with Gasteiger partial charge >= 0.3 is 0 Å². The fourth-order valence-corrected chi connectivity index (χ4v) is 3.86. The van der Waals surface area contributed by atoms with Gasteiger partial charge in [0.15, 0.2) is 0 Å². The Labute approximate surface area is 181 Å². The number of methoxy groups -OCH3 is 2. The van der Waals surface area contributed by atoms with Gasteiger partial charge in [-0.1, -0.05) is 29.5 Å². The van der Waals surface area contributed by atoms with Gasteiger partial charge in [0.1, 0.15) is 16.5 Å². The normalized spacial score (nSPS) is 10.6. The largest absolute Gasteiger partial charge is 0.497 e. The van der Waals surface area contributed by atoms with Gasteiger partial charge in [-0.3, -0.25) is 4.79 Å². The Balaban J connectivity index is 1.65. The summed E-state index contributed by atoms with van der Waals surface area (Å²) in [5.74, 6) is 1.55. The second kappa shape index (κ2) is 9.63. The van der Waals surface area contributed by atoms with E-state index in [9.17, 15) is 4.79 Å². The van der Waals surface area contributed by atoms with E-state index in [0.717, 1.165) is 22.4 Å². The molecule has 1 heterocycles. The van der Waals surface area contributed by atoms with Crippen molar-refractivity contribution < 1.29 is 14.3 Å². The molecule has 2 aromatic carbocycles. The van der Waals surface area contributed by atoms with Crippen LogP contribution in [0.2, 0.25) is 0 Å². The number of benzene rings is 2. The first-order chi connectivity index (χ1) is 14.4. The summed E-state index contributed by atoms with van der Waals surface area (Å²) in [6, 6.07) is 13.4. The molecule has 7 heteroatoms. The molecule has 1 amide bonds. The Morgan fingerprint density at radius 2 is 1.70 bits per heavy atom. The fraction of sp³-hybridized carbons (Fsp3) is 0.261. The third kappa shape index (κ3) is 5.10. The van der Waals surface area contributed by atoms with Crippen LogP contribution in [0.25, 0.3) is 11.3 Å². The first-order valence-electron chi connectivity index (χ1n) is 9.48. The molecule has 0 radical (unpaired) electrons. The molecular weight excluding hydrogens is 398 g/mol. The van der Waals surface area contributed by atoms with E-state index in [-0.39, 0.29) is 11.7 Å². The van der Waals surface area contributed by atoms with Crippen LogP contribution >= 0.6 is 11.8 Å². The highest BCUT2D eigenvalue weighted by Gasteiger charge is 2.12. The van der Waals surface area contributed by atoms with E-state index in [0.29, 0.717) is 22.2 Å². The molecular formula is C23H25N3O3S. The number of ether oxygens (including phenoxy) is 2. The summed E-state index contributed by atoms with van der Waals surface area (Å²) >= 11 is 1.35. The monoisotopic (exact) mass is 423 g/mol. The van der Waals surface area contributed by atoms with Crippen LogP contribution in [-0.4, -0.2) is 36.1 Å². The number of nitrogens with zero attached hydrogens (tertiary/aromatic N) is 2. The summed E-state index contributed by atoms with van der Waals surface area (Å²) < 4.78 is 10.7. The maximum Gasteiger partial charge on any atom is 0.234 e. The molecule has 0 saturated heterocycles. The third-order valence-electron chi connectivity index (χ3n) is 4.62. The Morgan fingerprint density at radius 3 is 2.30 bits per heavy atom. The number of hydrogen-bond acceptors (Lipinski definition) is 6. The van der Waals surface area contributed by atoms with E-state index in [2.05, 4.69) is 27.6 Å². The van der Waals surface area contributed by atoms with Crippen LogP contribution in [0.3, 0.4) is 0 Å². The first kappa shape index (κ1) is 21.6. The zero-order chi connectivity index (χ0) is 21.7. The summed E-state index contributed by atoms with van der Waals surface area (Å²) in [5, 5.41) is 12.2. The SMILES string of the molecule is COc1ccc(-c2ccc(SCC(=O)Nc3c(C)cc(C)cc3C)nn2)c(OC)c1. The molecule has 0 unspecified atom stereocenters. The highest BCUT2D eigenvalue weighted by atomic mass is 32.2. The van der Waals surface area contributed by atoms with Crippen molar-refractivity contribution >= 4 is 23.4 Å². The van der Waals surface area contributed by atoms with Crippen molar-refractivity contribution in [3.63, 3.8) is 0 Å². The lowest BCUT2D eigenvalue weighted by Crippen LogP contribution is -2.16. The zero-order valence-electron chi connectivity index (χ0n) is 17.8. The minimum Gasteiger partial charge on any atom is -0.497 e. The molecule has 1 N–H and O–H groups in total. The summed E-state index contributed by atoms with van der Waals surface area (Å²) in [7, 11) is 3.21. The van der Waals surface area contributed by atoms with Crippen molar-refractivity contribution in [1.82, 2.24) is 10.2 Å². The van der Waals surface area contributed by atoms with Crippen molar-refractivity contribution in [2.75, 3.05) is 25.3 Å². The molecule has 0 aliphatic heterocycles. The second-order valence-corrected chi connectivity index (χ2v) is 7.93. The number of anilines is 1. The molecule has 0 atom stereocenters. The van der Waals surface area contributed by atoms with Crippen LogP contribution in [0.1, 0.15) is 16.7 Å². The number of nitrogens with one attached hydrogen (secondary N) is 1. The summed E-state index contributed by atoms with van der Waals surface area (Å²) in [4.78, 5) is 12.4. The molecule has 0 aliphatic rings. The number of amides is 1. The standard InChI is InChI=1S/C23H25N3O3S/c1-14-10-15(2)23(16(3)11-14)24-21(27)13-30-22-9-8-19(25-26-22)18-7-6-17(28-4)12-20(18)29-5/h6-12H,13H2,1-5H3,(H,24,27). The molecule has 0 saturated carbocycles. The molecule has 3 aromatic rings. The van der Waals surface area contributed by atoms with Crippen molar-refractivity contribution in [3.8, 4) is 22.8 Å². The van der Waals surface area contributed by atoms with Gasteiger partial charge in [0.05, 0.1) is 25.7 Å². The molecule has 1 aromatic heterocycles. The predicted octanol–water partition coefficient (Wildman–Crippen LogP) is 4.82. The van der Waals surface area contributed by atoms with Gasteiger partial charge in [-0.05, 0) is 56.2 Å². The van der Waals surface area contributed by atoms with Crippen LogP contribution in [-0.2, 0) is 4.79 Å². The van der Waals surface area contributed by atoms with Gasteiger partial charge in [-0.15, -0.1) is 10.2 Å². The van der Waals surface area contributed by atoms with E-state index < -0.39 is 0 Å². The average Bonchev–Trinajstić information content (AvgIpc) is 2.74. The van der Waals surface area contributed by atoms with Gasteiger partial charge in [-0.2, -0.15) is 0 Å². The third-order valence-corrected chi connectivity index (χ3v) is 5.54. The van der Waals surface area contributed by atoms with Crippen LogP contribution in [0, 0.1) is 20.8 Å². The van der Waals surface area contributed by atoms with Crippen molar-refractivity contribution in [2.24, 2.45) is 0 Å². The molecule has 0 aliphatic carbocycles. The highest BCUT2D eigenvalue weighted by molar-refractivity contribution is 7.99. The average molecular weight is 424 g/mol. The van der Waals surface area contributed by atoms with Crippen molar-refractivity contribution in [1.29, 1.82) is 0 Å². The van der Waals surface area contributed by atoms with Crippen molar-refractivity contribution in [2.45, 2.75) is 25.8 Å². The van der Waals surface area contributed by atoms with E-state index in [1.165, 1.54) is 17.3 Å². The van der Waals surface area contributed by atoms with Gasteiger partial charge in [0.2, 0.25) is 5.91 Å². The number of aromatic nitrogens is 2. The molecule has 0 fully saturated rings. The quantitative estimate of drug-likeness (QED) is 0.550. The van der Waals surface area contributed by atoms with Crippen LogP contribution < -0.4 is 14.8 Å². The molecule has 156 valence electrons. The Kier molecular flexibility index (Phi) is 6.95. The Bertz CT molecular complexity index is 1030. The number of hydrogen-bond donors (Lipinski definition) is 1. The van der Waals surface area contributed by atoms with E-state index in [1.54, 1.807) is 20.3 Å². The number of carbonyl (C=O) groups is 1. The topological polar surface area (TPSA) is 73.3 Å². The smallest absolute Gasteiger partial charge is 0.234 e. The second-order valence-electron chi connectivity index (χ2n) is 6.93. The first-order valence-corrected chi connectivity index (χ1v) is 10.5. The fourth-order valence-electron chi connectivity index (χ4n) is 3.24. The Hall–Kier alpha value is -3.06. The summed E-state index contributed by atoms with van der Waals surface area (Å²) in [6.45, 7) is 6.05. The van der Waals surface area contributed by atoms with Gasteiger partial charge in [0.25, 0.3) is 0 Å². The summed E-state index contributed by atoms with van der Waals surface area (Å²) in [6.07, 6.45) is 0. The van der Waals surface area contributed by atoms with E-state index >= 15 is 0 Å². The molecule has 0 spiro atoms. The van der Waals surface area contributed by atoms with E-state index in [1.807, 2.05) is 45.0 Å². The maximum atomic E-state index is 12.4. The lowest BCUT2D eigenvalue weighted by molar-refractivity contribution is -0.113. The molecule has 3 rings (SSSR count). The molecule has 6 nitrogen and oxygen atoms in total. The number of rotatable bonds is 7. The molecule has 30 heavy (non-hydrogen) atoms. The van der Waals surface area contributed by atoms with Crippen LogP contribution in [0.15, 0.2) is 47.5 Å². The number of thioether (sulfide) groups is 1. The predicted molar refractivity (Wildman–Crippen MR) is 121 cm³/mol. The number of carbonyl (C=O) groups excluding carboxylic acids is 1. The zero-order valence-corrected chi connectivity index (χ0v) is 18.6. The van der Waals surface area contributed by atoms with Crippen LogP contribution in [0.4, 0.5) is 5.69 Å². The lowest BCUT2D eigenvalue weighted by atomic mass is 10.1. The number of aryl methyl sites for hydroxylation is 3. The van der Waals surface area contributed by atoms with Crippen LogP contribution in [0.5, 0.6) is 11.5 Å². The summed E-state index contributed by atoms with van der Waals surface area (Å²) in [5.41, 5.74) is 5.69. The lowest BCUT2D eigenvalue weighted by Gasteiger charge is -2.12.